The quantitative estimate of drug-likeness (QED) is 0.201. The lowest BCUT2D eigenvalue weighted by molar-refractivity contribution is -0.384. The molecule has 0 unspecified atom stereocenters. The highest BCUT2D eigenvalue weighted by atomic mass is 32.1. The van der Waals surface area contributed by atoms with Gasteiger partial charge >= 0.3 is 5.97 Å². The van der Waals surface area contributed by atoms with Crippen molar-refractivity contribution in [2.45, 2.75) is 20.8 Å². The number of carbonyl (C=O) groups is 2. The molecule has 3 rings (SSSR count). The van der Waals surface area contributed by atoms with Crippen LogP contribution in [0.15, 0.2) is 23.8 Å². The van der Waals surface area contributed by atoms with Gasteiger partial charge in [-0.05, 0) is 51.1 Å². The van der Waals surface area contributed by atoms with Crippen LogP contribution in [0.25, 0.3) is 6.08 Å². The van der Waals surface area contributed by atoms with E-state index in [4.69, 9.17) is 4.74 Å². The Bertz CT molecular complexity index is 1220. The van der Waals surface area contributed by atoms with Crippen LogP contribution in [0.3, 0.4) is 0 Å². The molecule has 1 aliphatic heterocycles. The summed E-state index contributed by atoms with van der Waals surface area (Å²) in [4.78, 5) is 41.5. The van der Waals surface area contributed by atoms with Gasteiger partial charge in [0, 0.05) is 37.1 Å². The van der Waals surface area contributed by atoms with E-state index in [1.54, 1.807) is 26.0 Å². The minimum atomic E-state index is -0.718. The van der Waals surface area contributed by atoms with Gasteiger partial charge in [0.15, 0.2) is 0 Å². The molecule has 0 atom stereocenters. The van der Waals surface area contributed by atoms with Gasteiger partial charge < -0.3 is 19.9 Å². The van der Waals surface area contributed by atoms with Gasteiger partial charge in [-0.25, -0.2) is 4.79 Å². The zero-order valence-corrected chi connectivity index (χ0v) is 20.9. The Morgan fingerprint density at radius 2 is 1.97 bits per heavy atom. The van der Waals surface area contributed by atoms with Crippen molar-refractivity contribution in [1.29, 1.82) is 5.26 Å². The minimum Gasteiger partial charge on any atom is -0.462 e. The van der Waals surface area contributed by atoms with Gasteiger partial charge in [-0.15, -0.1) is 11.3 Å². The van der Waals surface area contributed by atoms with Crippen LogP contribution in [0.1, 0.15) is 33.3 Å². The second-order valence-electron chi connectivity index (χ2n) is 8.13. The maximum Gasteiger partial charge on any atom is 0.341 e. The van der Waals surface area contributed by atoms with E-state index in [0.717, 1.165) is 18.0 Å². The molecule has 0 radical (unpaired) electrons. The van der Waals surface area contributed by atoms with Crippen molar-refractivity contribution in [3.05, 3.63) is 55.5 Å². The molecule has 10 nitrogen and oxygen atoms in total. The topological polar surface area (TPSA) is 129 Å². The highest BCUT2D eigenvalue weighted by Gasteiger charge is 2.25. The Balaban J connectivity index is 1.89. The summed E-state index contributed by atoms with van der Waals surface area (Å²) in [5.74, 6) is -1.27. The molecule has 1 saturated heterocycles. The van der Waals surface area contributed by atoms with E-state index in [1.165, 1.54) is 23.5 Å². The fraction of sp³-hybridized carbons (Fsp3) is 0.375. The molecule has 1 fully saturated rings. The largest absolute Gasteiger partial charge is 0.462 e. The van der Waals surface area contributed by atoms with Crippen LogP contribution in [0.5, 0.6) is 0 Å². The number of nitrogens with zero attached hydrogens (tertiary/aromatic N) is 4. The smallest absolute Gasteiger partial charge is 0.341 e. The van der Waals surface area contributed by atoms with E-state index in [9.17, 15) is 25.0 Å². The van der Waals surface area contributed by atoms with E-state index in [-0.39, 0.29) is 23.4 Å². The van der Waals surface area contributed by atoms with Crippen LogP contribution in [0, 0.1) is 35.3 Å². The molecule has 1 amide bonds. The average Bonchev–Trinajstić information content (AvgIpc) is 3.10. The van der Waals surface area contributed by atoms with Crippen molar-refractivity contribution in [3.8, 4) is 6.07 Å². The molecule has 0 saturated carbocycles. The zero-order chi connectivity index (χ0) is 25.7. The maximum absolute atomic E-state index is 12.9. The molecule has 184 valence electrons. The van der Waals surface area contributed by atoms with Gasteiger partial charge in [0.1, 0.15) is 22.3 Å². The SMILES string of the molecule is CCOC(=O)c1c(NC(=O)/C(C#N)=C\c2ccc(N3CCN(C)CC3)c([N+](=O)[O-])c2)sc(C)c1C. The molecule has 0 aliphatic carbocycles. The summed E-state index contributed by atoms with van der Waals surface area (Å²) in [7, 11) is 2.00. The van der Waals surface area contributed by atoms with Crippen LogP contribution < -0.4 is 10.2 Å². The average molecular weight is 498 g/mol. The Morgan fingerprint density at radius 3 is 2.57 bits per heavy atom. The number of nitrogens with one attached hydrogen (secondary N) is 1. The summed E-state index contributed by atoms with van der Waals surface area (Å²) >= 11 is 1.21. The van der Waals surface area contributed by atoms with Crippen LogP contribution in [-0.2, 0) is 9.53 Å². The highest BCUT2D eigenvalue weighted by Crippen LogP contribution is 2.34. The predicted molar refractivity (Wildman–Crippen MR) is 135 cm³/mol. The van der Waals surface area contributed by atoms with Crippen LogP contribution >= 0.6 is 11.3 Å². The van der Waals surface area contributed by atoms with Gasteiger partial charge in [-0.1, -0.05) is 6.07 Å². The number of esters is 1. The molecule has 0 bridgehead atoms. The Labute approximate surface area is 207 Å². The number of nitro groups is 1. The molecule has 35 heavy (non-hydrogen) atoms. The fourth-order valence-corrected chi connectivity index (χ4v) is 4.78. The van der Waals surface area contributed by atoms with E-state index in [2.05, 4.69) is 10.2 Å². The number of benzene rings is 1. The first-order valence-electron chi connectivity index (χ1n) is 11.1. The van der Waals surface area contributed by atoms with Crippen molar-refractivity contribution in [2.75, 3.05) is 50.1 Å². The lowest BCUT2D eigenvalue weighted by Gasteiger charge is -2.33. The number of rotatable bonds is 7. The third-order valence-corrected chi connectivity index (χ3v) is 6.93. The third kappa shape index (κ3) is 5.85. The van der Waals surface area contributed by atoms with Crippen molar-refractivity contribution in [2.24, 2.45) is 0 Å². The highest BCUT2D eigenvalue weighted by molar-refractivity contribution is 7.16. The molecule has 0 spiro atoms. The number of likely N-dealkylation sites (N-methyl/N-ethyl adjacent to an activating group) is 1. The summed E-state index contributed by atoms with van der Waals surface area (Å²) in [6.45, 7) is 8.39. The van der Waals surface area contributed by atoms with E-state index >= 15 is 0 Å². The number of nitro benzene ring substituents is 1. The monoisotopic (exact) mass is 497 g/mol. The van der Waals surface area contributed by atoms with E-state index < -0.39 is 16.8 Å². The first-order valence-corrected chi connectivity index (χ1v) is 11.9. The first kappa shape index (κ1) is 25.9. The summed E-state index contributed by atoms with van der Waals surface area (Å²) in [5, 5.41) is 24.3. The number of hydrogen-bond acceptors (Lipinski definition) is 9. The Hall–Kier alpha value is -3.75. The van der Waals surface area contributed by atoms with Gasteiger partial charge in [0.05, 0.1) is 17.1 Å². The van der Waals surface area contributed by atoms with Crippen LogP contribution in [0.4, 0.5) is 16.4 Å². The summed E-state index contributed by atoms with van der Waals surface area (Å²) in [6, 6.07) is 6.51. The third-order valence-electron chi connectivity index (χ3n) is 5.81. The van der Waals surface area contributed by atoms with Crippen molar-refractivity contribution >= 4 is 45.7 Å². The van der Waals surface area contributed by atoms with Crippen molar-refractivity contribution in [3.63, 3.8) is 0 Å². The molecule has 11 heteroatoms. The lowest BCUT2D eigenvalue weighted by atomic mass is 10.1. The standard InChI is InChI=1S/C24H27N5O5S/c1-5-34-24(31)21-15(2)16(3)35-23(21)26-22(30)18(14-25)12-17-6-7-19(20(13-17)29(32)33)28-10-8-27(4)9-11-28/h6-7,12-13H,5,8-11H2,1-4H3,(H,26,30)/b18-12-. The normalized spacial score (nSPS) is 14.4. The molecule has 1 aliphatic rings. The number of anilines is 2. The molecular weight excluding hydrogens is 470 g/mol. The summed E-state index contributed by atoms with van der Waals surface area (Å²) in [5.41, 5.74) is 1.48. The van der Waals surface area contributed by atoms with Crippen LogP contribution in [-0.4, -0.2) is 61.5 Å². The predicted octanol–water partition coefficient (Wildman–Crippen LogP) is 3.75. The number of thiophene rings is 1. The minimum absolute atomic E-state index is 0.0879. The number of amides is 1. The van der Waals surface area contributed by atoms with E-state index in [0.29, 0.717) is 34.9 Å². The van der Waals surface area contributed by atoms with Gasteiger partial charge in [0.25, 0.3) is 11.6 Å². The van der Waals surface area contributed by atoms with Gasteiger partial charge in [-0.3, -0.25) is 14.9 Å². The molecule has 1 aromatic heterocycles. The molecular formula is C24H27N5O5S. The van der Waals surface area contributed by atoms with Crippen molar-refractivity contribution < 1.29 is 19.2 Å². The molecule has 2 aromatic rings. The lowest BCUT2D eigenvalue weighted by Crippen LogP contribution is -2.44. The number of piperazine rings is 1. The zero-order valence-electron chi connectivity index (χ0n) is 20.1. The Kier molecular flexibility index (Phi) is 8.22. The molecule has 1 N–H and O–H groups in total. The van der Waals surface area contributed by atoms with Crippen molar-refractivity contribution in [1.82, 2.24) is 4.90 Å². The maximum atomic E-state index is 12.9. The number of hydrogen-bond donors (Lipinski definition) is 1. The Morgan fingerprint density at radius 1 is 1.29 bits per heavy atom. The van der Waals surface area contributed by atoms with Gasteiger partial charge in [0.2, 0.25) is 0 Å². The molecule has 1 aromatic carbocycles. The first-order chi connectivity index (χ1) is 16.7. The summed E-state index contributed by atoms with van der Waals surface area (Å²) < 4.78 is 5.10. The second kappa shape index (κ2) is 11.1. The second-order valence-corrected chi connectivity index (χ2v) is 9.35. The number of aryl methyl sites for hydroxylation is 1. The van der Waals surface area contributed by atoms with E-state index in [1.807, 2.05) is 24.9 Å². The number of ether oxygens (including phenoxy) is 1. The molecule has 2 heterocycles. The van der Waals surface area contributed by atoms with Crippen LogP contribution in [0.2, 0.25) is 0 Å². The number of nitriles is 1. The van der Waals surface area contributed by atoms with Gasteiger partial charge in [-0.2, -0.15) is 5.26 Å². The summed E-state index contributed by atoms with van der Waals surface area (Å²) in [6.07, 6.45) is 1.30. The fourth-order valence-electron chi connectivity index (χ4n) is 3.74. The number of carbonyl (C=O) groups excluding carboxylic acids is 2.